The maximum Gasteiger partial charge on any atom is 0.301 e. The zero-order valence-electron chi connectivity index (χ0n) is 9.86. The lowest BCUT2D eigenvalue weighted by Crippen LogP contribution is -2.25. The maximum absolute atomic E-state index is 11.4. The van der Waals surface area contributed by atoms with Crippen molar-refractivity contribution in [1.29, 1.82) is 0 Å². The molecule has 1 amide bonds. The van der Waals surface area contributed by atoms with Crippen LogP contribution in [0.5, 0.6) is 0 Å². The molecule has 0 radical (unpaired) electrons. The lowest BCUT2D eigenvalue weighted by molar-refractivity contribution is -0.387. The lowest BCUT2D eigenvalue weighted by atomic mass is 10.1. The molecule has 0 aromatic heterocycles. The monoisotopic (exact) mass is 286 g/mol. The van der Waals surface area contributed by atoms with E-state index in [1.165, 1.54) is 11.8 Å². The average Bonchev–Trinajstić information content (AvgIpc) is 2.68. The third kappa shape index (κ3) is 2.29. The number of carbonyl (C=O) groups is 1. The summed E-state index contributed by atoms with van der Waals surface area (Å²) >= 11 is 0. The van der Waals surface area contributed by atoms with Gasteiger partial charge in [0.2, 0.25) is 5.91 Å². The summed E-state index contributed by atoms with van der Waals surface area (Å²) in [6, 6.07) is 2.05. The zero-order chi connectivity index (χ0) is 14.4. The number of fused-ring (bicyclic) bond motifs is 1. The highest BCUT2D eigenvalue weighted by molar-refractivity contribution is 7.86. The number of benzene rings is 1. The number of hydrogen-bond donors (Lipinski definition) is 1. The van der Waals surface area contributed by atoms with Crippen LogP contribution in [0.15, 0.2) is 17.0 Å². The molecule has 0 unspecified atom stereocenters. The van der Waals surface area contributed by atoms with Gasteiger partial charge in [-0.3, -0.25) is 19.5 Å². The standard InChI is InChI=1S/C10H10N2O6S/c1-6(13)11-3-2-7-4-9(12(14)15)10(5-8(7)11)19(16,17)18/h4-5H,2-3H2,1H3,(H,16,17,18). The first-order valence-corrected chi connectivity index (χ1v) is 6.72. The SMILES string of the molecule is CC(=O)N1CCc2cc([N+](=O)[O-])c(S(=O)(=O)O)cc21. The van der Waals surface area contributed by atoms with Gasteiger partial charge in [-0.15, -0.1) is 0 Å². The van der Waals surface area contributed by atoms with Crippen LogP contribution < -0.4 is 4.90 Å². The van der Waals surface area contributed by atoms with E-state index in [2.05, 4.69) is 0 Å². The molecule has 0 spiro atoms. The van der Waals surface area contributed by atoms with Crippen LogP contribution in [0.4, 0.5) is 11.4 Å². The van der Waals surface area contributed by atoms with Crippen molar-refractivity contribution in [2.24, 2.45) is 0 Å². The molecule has 1 aliphatic heterocycles. The number of nitrogens with zero attached hydrogens (tertiary/aromatic N) is 2. The van der Waals surface area contributed by atoms with E-state index >= 15 is 0 Å². The summed E-state index contributed by atoms with van der Waals surface area (Å²) in [4.78, 5) is 21.8. The largest absolute Gasteiger partial charge is 0.312 e. The number of rotatable bonds is 2. The normalized spacial score (nSPS) is 14.3. The van der Waals surface area contributed by atoms with Crippen LogP contribution in [0.2, 0.25) is 0 Å². The van der Waals surface area contributed by atoms with Gasteiger partial charge in [0.25, 0.3) is 5.69 Å². The van der Waals surface area contributed by atoms with Crippen molar-refractivity contribution in [3.8, 4) is 0 Å². The van der Waals surface area contributed by atoms with Gasteiger partial charge in [-0.25, -0.2) is 0 Å². The summed E-state index contributed by atoms with van der Waals surface area (Å²) in [7, 11) is -4.73. The predicted octanol–water partition coefficient (Wildman–Crippen LogP) is 0.750. The van der Waals surface area contributed by atoms with Gasteiger partial charge in [0.1, 0.15) is 0 Å². The molecular weight excluding hydrogens is 276 g/mol. The summed E-state index contributed by atoms with van der Waals surface area (Å²) in [5.74, 6) is -0.297. The Balaban J connectivity index is 2.71. The number of hydrogen-bond acceptors (Lipinski definition) is 5. The fourth-order valence-corrected chi connectivity index (χ4v) is 2.74. The van der Waals surface area contributed by atoms with Gasteiger partial charge in [0.05, 0.1) is 4.92 Å². The average molecular weight is 286 g/mol. The Bertz CT molecular complexity index is 682. The molecule has 0 fully saturated rings. The second-order valence-electron chi connectivity index (χ2n) is 4.10. The second-order valence-corrected chi connectivity index (χ2v) is 5.49. The number of anilines is 1. The molecule has 0 bridgehead atoms. The third-order valence-electron chi connectivity index (χ3n) is 2.91. The summed E-state index contributed by atoms with van der Waals surface area (Å²) in [6.07, 6.45) is 0.404. The van der Waals surface area contributed by atoms with E-state index in [1.807, 2.05) is 0 Å². The van der Waals surface area contributed by atoms with Gasteiger partial charge in [0.15, 0.2) is 4.90 Å². The minimum atomic E-state index is -4.73. The van der Waals surface area contributed by atoms with Crippen LogP contribution in [-0.2, 0) is 21.3 Å². The molecule has 8 nitrogen and oxygen atoms in total. The molecule has 1 aromatic rings. The van der Waals surface area contributed by atoms with E-state index in [9.17, 15) is 23.3 Å². The molecule has 0 saturated heterocycles. The van der Waals surface area contributed by atoms with Crippen molar-refractivity contribution < 1.29 is 22.7 Å². The first kappa shape index (κ1) is 13.4. The smallest absolute Gasteiger partial charge is 0.301 e. The Labute approximate surface area is 108 Å². The molecule has 2 rings (SSSR count). The zero-order valence-corrected chi connectivity index (χ0v) is 10.7. The number of nitro benzene ring substituents is 1. The van der Waals surface area contributed by atoms with Crippen LogP contribution in [0.3, 0.4) is 0 Å². The fraction of sp³-hybridized carbons (Fsp3) is 0.300. The first-order chi connectivity index (χ1) is 8.71. The second kappa shape index (κ2) is 4.28. The Morgan fingerprint density at radius 2 is 2.11 bits per heavy atom. The Kier molecular flexibility index (Phi) is 3.03. The molecule has 102 valence electrons. The van der Waals surface area contributed by atoms with Crippen LogP contribution in [-0.4, -0.2) is 30.3 Å². The molecule has 1 aliphatic rings. The van der Waals surface area contributed by atoms with Crippen LogP contribution in [0.25, 0.3) is 0 Å². The lowest BCUT2D eigenvalue weighted by Gasteiger charge is -2.15. The molecule has 0 aliphatic carbocycles. The molecule has 0 atom stereocenters. The first-order valence-electron chi connectivity index (χ1n) is 5.28. The molecule has 1 heterocycles. The van der Waals surface area contributed by atoms with E-state index in [0.717, 1.165) is 12.1 Å². The van der Waals surface area contributed by atoms with E-state index in [-0.39, 0.29) is 11.6 Å². The minimum absolute atomic E-state index is 0.283. The van der Waals surface area contributed by atoms with Crippen LogP contribution >= 0.6 is 0 Å². The van der Waals surface area contributed by atoms with Gasteiger partial charge in [-0.1, -0.05) is 0 Å². The van der Waals surface area contributed by atoms with E-state index in [1.54, 1.807) is 0 Å². The van der Waals surface area contributed by atoms with Gasteiger partial charge in [-0.05, 0) is 18.1 Å². The van der Waals surface area contributed by atoms with Crippen molar-refractivity contribution in [2.45, 2.75) is 18.2 Å². The molecule has 1 N–H and O–H groups in total. The Morgan fingerprint density at radius 3 is 2.58 bits per heavy atom. The molecular formula is C10H10N2O6S. The molecule has 0 saturated carbocycles. The van der Waals surface area contributed by atoms with Crippen LogP contribution in [0.1, 0.15) is 12.5 Å². The number of carbonyl (C=O) groups excluding carboxylic acids is 1. The topological polar surface area (TPSA) is 118 Å². The van der Waals surface area contributed by atoms with E-state index < -0.39 is 25.6 Å². The summed E-state index contributed by atoms with van der Waals surface area (Å²) in [5.41, 5.74) is 0.103. The molecule has 9 heteroatoms. The summed E-state index contributed by atoms with van der Waals surface area (Å²) < 4.78 is 31.4. The Morgan fingerprint density at radius 1 is 1.47 bits per heavy atom. The Hall–Kier alpha value is -2.00. The van der Waals surface area contributed by atoms with E-state index in [4.69, 9.17) is 4.55 Å². The van der Waals surface area contributed by atoms with Gasteiger partial charge >= 0.3 is 10.1 Å². The maximum atomic E-state index is 11.4. The summed E-state index contributed by atoms with van der Waals surface area (Å²) in [6.45, 7) is 1.64. The van der Waals surface area contributed by atoms with Gasteiger partial charge in [-0.2, -0.15) is 8.42 Å². The number of nitro groups is 1. The highest BCUT2D eigenvalue weighted by atomic mass is 32.2. The summed E-state index contributed by atoms with van der Waals surface area (Å²) in [5, 5.41) is 10.8. The van der Waals surface area contributed by atoms with Crippen molar-refractivity contribution in [3.63, 3.8) is 0 Å². The third-order valence-corrected chi connectivity index (χ3v) is 3.79. The van der Waals surface area contributed by atoms with Crippen molar-refractivity contribution >= 4 is 27.4 Å². The number of amides is 1. The van der Waals surface area contributed by atoms with E-state index in [0.29, 0.717) is 18.5 Å². The van der Waals surface area contributed by atoms with Crippen molar-refractivity contribution in [1.82, 2.24) is 0 Å². The predicted molar refractivity (Wildman–Crippen MR) is 64.6 cm³/mol. The molecule has 1 aromatic carbocycles. The minimum Gasteiger partial charge on any atom is -0.312 e. The highest BCUT2D eigenvalue weighted by Gasteiger charge is 2.31. The fourth-order valence-electron chi connectivity index (χ4n) is 2.08. The van der Waals surface area contributed by atoms with Crippen molar-refractivity contribution in [3.05, 3.63) is 27.8 Å². The molecule has 19 heavy (non-hydrogen) atoms. The quantitative estimate of drug-likeness (QED) is 0.487. The van der Waals surface area contributed by atoms with Crippen molar-refractivity contribution in [2.75, 3.05) is 11.4 Å². The van der Waals surface area contributed by atoms with Crippen LogP contribution in [0, 0.1) is 10.1 Å². The van der Waals surface area contributed by atoms with Gasteiger partial charge in [0, 0.05) is 25.2 Å². The highest BCUT2D eigenvalue weighted by Crippen LogP contribution is 2.36. The van der Waals surface area contributed by atoms with Gasteiger partial charge < -0.3 is 4.90 Å².